The summed E-state index contributed by atoms with van der Waals surface area (Å²) >= 11 is 0. The summed E-state index contributed by atoms with van der Waals surface area (Å²) < 4.78 is 27.5. The number of amides is 1. The Labute approximate surface area is 172 Å². The second-order valence-electron chi connectivity index (χ2n) is 7.38. The van der Waals surface area contributed by atoms with Crippen molar-refractivity contribution in [1.82, 2.24) is 25.1 Å². The van der Waals surface area contributed by atoms with Crippen molar-refractivity contribution < 1.29 is 13.6 Å². The summed E-state index contributed by atoms with van der Waals surface area (Å²) in [7, 11) is 0. The summed E-state index contributed by atoms with van der Waals surface area (Å²) in [5.74, 6) is 0.433. The fraction of sp³-hybridized carbons (Fsp3) is 0.333. The van der Waals surface area contributed by atoms with E-state index < -0.39 is 6.43 Å². The second kappa shape index (κ2) is 8.56. The van der Waals surface area contributed by atoms with Gasteiger partial charge < -0.3 is 10.6 Å². The van der Waals surface area contributed by atoms with Crippen molar-refractivity contribution in [2.45, 2.75) is 32.7 Å². The summed E-state index contributed by atoms with van der Waals surface area (Å²) in [6, 6.07) is 6.98. The van der Waals surface area contributed by atoms with Crippen LogP contribution in [-0.4, -0.2) is 32.2 Å². The Kier molecular flexibility index (Phi) is 5.69. The van der Waals surface area contributed by atoms with Gasteiger partial charge in [0, 0.05) is 36.1 Å². The number of hydrogen-bond acceptors (Lipinski definition) is 5. The van der Waals surface area contributed by atoms with Crippen LogP contribution in [0.1, 0.15) is 30.5 Å². The topological polar surface area (TPSA) is 84.7 Å². The summed E-state index contributed by atoms with van der Waals surface area (Å²) in [4.78, 5) is 19.6. The van der Waals surface area contributed by atoms with Crippen molar-refractivity contribution in [2.24, 2.45) is 5.92 Å². The van der Waals surface area contributed by atoms with Crippen molar-refractivity contribution in [3.63, 3.8) is 0 Å². The number of carbonyl (C=O) groups excluding carboxylic acids is 1. The van der Waals surface area contributed by atoms with E-state index in [4.69, 9.17) is 0 Å². The van der Waals surface area contributed by atoms with Gasteiger partial charge in [0.1, 0.15) is 5.69 Å². The lowest BCUT2D eigenvalue weighted by molar-refractivity contribution is -0.122. The van der Waals surface area contributed by atoms with Crippen LogP contribution in [0.4, 0.5) is 20.4 Å². The van der Waals surface area contributed by atoms with Gasteiger partial charge in [-0.2, -0.15) is 5.10 Å². The minimum absolute atomic E-state index is 0.117. The molecule has 0 spiro atoms. The molecule has 0 unspecified atom stereocenters. The van der Waals surface area contributed by atoms with Gasteiger partial charge in [-0.3, -0.25) is 9.48 Å². The Hall–Kier alpha value is -3.36. The standard InChI is InChI=1S/C21H22F2N6O/c1-13-8-15(10-17(9-13)27-21-25-5-4-18(28-21)19(22)23)16-11-26-29(12-16)7-6-24-20(30)14-2-3-14/h4-5,8-12,14,19H,2-3,6-7H2,1H3,(H,24,30)(H,25,27,28). The highest BCUT2D eigenvalue weighted by molar-refractivity contribution is 5.80. The average Bonchev–Trinajstić information content (AvgIpc) is 3.46. The number of aryl methyl sites for hydroxylation is 1. The lowest BCUT2D eigenvalue weighted by Crippen LogP contribution is -2.28. The molecule has 1 aromatic carbocycles. The zero-order valence-electron chi connectivity index (χ0n) is 16.5. The average molecular weight is 412 g/mol. The molecule has 30 heavy (non-hydrogen) atoms. The van der Waals surface area contributed by atoms with Crippen LogP contribution in [0.3, 0.4) is 0 Å². The molecule has 1 saturated carbocycles. The highest BCUT2D eigenvalue weighted by Gasteiger charge is 2.29. The first-order valence-corrected chi connectivity index (χ1v) is 9.78. The van der Waals surface area contributed by atoms with E-state index in [0.717, 1.165) is 29.5 Å². The van der Waals surface area contributed by atoms with E-state index in [-0.39, 0.29) is 23.5 Å². The van der Waals surface area contributed by atoms with Gasteiger partial charge in [-0.05, 0) is 49.1 Å². The molecular formula is C21H22F2N6O. The summed E-state index contributed by atoms with van der Waals surface area (Å²) in [5, 5.41) is 10.3. The van der Waals surface area contributed by atoms with Crippen LogP contribution in [-0.2, 0) is 11.3 Å². The Balaban J connectivity index is 1.44. The second-order valence-corrected chi connectivity index (χ2v) is 7.38. The maximum absolute atomic E-state index is 12.9. The van der Waals surface area contributed by atoms with E-state index in [2.05, 4.69) is 25.7 Å². The van der Waals surface area contributed by atoms with E-state index in [1.54, 1.807) is 10.9 Å². The lowest BCUT2D eigenvalue weighted by Gasteiger charge is -2.09. The third-order valence-electron chi connectivity index (χ3n) is 4.79. The van der Waals surface area contributed by atoms with Crippen LogP contribution in [0.15, 0.2) is 42.9 Å². The number of nitrogens with zero attached hydrogens (tertiary/aromatic N) is 4. The molecule has 9 heteroatoms. The number of benzene rings is 1. The number of carbonyl (C=O) groups is 1. The lowest BCUT2D eigenvalue weighted by atomic mass is 10.1. The molecule has 1 aliphatic rings. The van der Waals surface area contributed by atoms with Crippen molar-refractivity contribution in [3.8, 4) is 11.1 Å². The smallest absolute Gasteiger partial charge is 0.280 e. The van der Waals surface area contributed by atoms with Gasteiger partial charge in [0.2, 0.25) is 11.9 Å². The highest BCUT2D eigenvalue weighted by Crippen LogP contribution is 2.29. The summed E-state index contributed by atoms with van der Waals surface area (Å²) in [5.41, 5.74) is 3.20. The zero-order chi connectivity index (χ0) is 21.1. The van der Waals surface area contributed by atoms with Crippen molar-refractivity contribution in [1.29, 1.82) is 0 Å². The molecule has 1 fully saturated rings. The first kappa shape index (κ1) is 19.9. The molecule has 0 bridgehead atoms. The first-order chi connectivity index (χ1) is 14.5. The van der Waals surface area contributed by atoms with Gasteiger partial charge in [-0.25, -0.2) is 18.7 Å². The molecule has 0 atom stereocenters. The zero-order valence-corrected chi connectivity index (χ0v) is 16.5. The SMILES string of the molecule is Cc1cc(Nc2nccc(C(F)F)n2)cc(-c2cnn(CCNC(=O)C3CC3)c2)c1. The van der Waals surface area contributed by atoms with Crippen molar-refractivity contribution in [2.75, 3.05) is 11.9 Å². The molecule has 0 saturated heterocycles. The van der Waals surface area contributed by atoms with Gasteiger partial charge in [-0.15, -0.1) is 0 Å². The molecule has 2 aromatic heterocycles. The molecule has 2 heterocycles. The Morgan fingerprint density at radius 2 is 2.10 bits per heavy atom. The van der Waals surface area contributed by atoms with Crippen LogP contribution < -0.4 is 10.6 Å². The Morgan fingerprint density at radius 3 is 2.87 bits per heavy atom. The van der Waals surface area contributed by atoms with Gasteiger partial charge in [0.15, 0.2) is 0 Å². The predicted molar refractivity (Wildman–Crippen MR) is 108 cm³/mol. The molecular weight excluding hydrogens is 390 g/mol. The number of aromatic nitrogens is 4. The molecule has 1 amide bonds. The quantitative estimate of drug-likeness (QED) is 0.587. The van der Waals surface area contributed by atoms with Gasteiger partial charge in [0.25, 0.3) is 6.43 Å². The number of halogens is 2. The molecule has 1 aliphatic carbocycles. The number of rotatable bonds is 8. The van der Waals surface area contributed by atoms with E-state index >= 15 is 0 Å². The maximum Gasteiger partial charge on any atom is 0.280 e. The summed E-state index contributed by atoms with van der Waals surface area (Å²) in [6.45, 7) is 3.07. The fourth-order valence-electron chi connectivity index (χ4n) is 3.12. The third kappa shape index (κ3) is 4.97. The maximum atomic E-state index is 12.9. The molecule has 0 aliphatic heterocycles. The molecule has 2 N–H and O–H groups in total. The van der Waals surface area contributed by atoms with Crippen LogP contribution in [0.25, 0.3) is 11.1 Å². The number of alkyl halides is 2. The molecule has 0 radical (unpaired) electrons. The van der Waals surface area contributed by atoms with Crippen LogP contribution in [0.5, 0.6) is 0 Å². The minimum Gasteiger partial charge on any atom is -0.354 e. The first-order valence-electron chi connectivity index (χ1n) is 9.78. The largest absolute Gasteiger partial charge is 0.354 e. The van der Waals surface area contributed by atoms with Gasteiger partial charge in [-0.1, -0.05) is 6.07 Å². The van der Waals surface area contributed by atoms with Gasteiger partial charge in [0.05, 0.1) is 12.7 Å². The normalized spacial score (nSPS) is 13.5. The van der Waals surface area contributed by atoms with Gasteiger partial charge >= 0.3 is 0 Å². The molecule has 156 valence electrons. The summed E-state index contributed by atoms with van der Waals surface area (Å²) in [6.07, 6.45) is 4.30. The van der Waals surface area contributed by atoms with E-state index in [9.17, 15) is 13.6 Å². The van der Waals surface area contributed by atoms with Crippen molar-refractivity contribution >= 4 is 17.5 Å². The Morgan fingerprint density at radius 1 is 1.27 bits per heavy atom. The van der Waals surface area contributed by atoms with Crippen molar-refractivity contribution in [3.05, 3.63) is 54.1 Å². The number of hydrogen-bond donors (Lipinski definition) is 2. The highest BCUT2D eigenvalue weighted by atomic mass is 19.3. The monoisotopic (exact) mass is 412 g/mol. The number of nitrogens with one attached hydrogen (secondary N) is 2. The van der Waals surface area contributed by atoms with Crippen LogP contribution in [0.2, 0.25) is 0 Å². The molecule has 7 nitrogen and oxygen atoms in total. The predicted octanol–water partition coefficient (Wildman–Crippen LogP) is 3.86. The van der Waals surface area contributed by atoms with E-state index in [0.29, 0.717) is 18.8 Å². The fourth-order valence-corrected chi connectivity index (χ4v) is 3.12. The third-order valence-corrected chi connectivity index (χ3v) is 4.79. The van der Waals surface area contributed by atoms with E-state index in [1.807, 2.05) is 31.3 Å². The van der Waals surface area contributed by atoms with Crippen LogP contribution in [0, 0.1) is 12.8 Å². The molecule has 3 aromatic rings. The van der Waals surface area contributed by atoms with Crippen LogP contribution >= 0.6 is 0 Å². The number of anilines is 2. The molecule has 4 rings (SSSR count). The minimum atomic E-state index is -2.65. The Bertz CT molecular complexity index is 1050. The van der Waals surface area contributed by atoms with E-state index in [1.165, 1.54) is 12.3 Å².